The summed E-state index contributed by atoms with van der Waals surface area (Å²) in [6, 6.07) is 0. The van der Waals surface area contributed by atoms with Crippen LogP contribution in [0.2, 0.25) is 0 Å². The maximum atomic E-state index is 12.6. The Bertz CT molecular complexity index is 1740. The number of nitrogens with one attached hydrogen (secondary N) is 1. The van der Waals surface area contributed by atoms with Crippen LogP contribution in [-0.4, -0.2) is 152 Å². The SMILES string of the molecule is CCN(CC(=O)NCCO[C@H]1O[C@H](COS(=O)(=O)[O-])[C@@H](OS(=O)(=O)[O-])[C@H](OS(=O)(=O)[O-])[C@@H]1OS(=O)(=O)[O-])C(=O)CCCCCCCCCOS(=O)(=O)[O-].[Na+].[Na+].[Na+].[Na+].[Na+]. The Morgan fingerprint density at radius 2 is 1.05 bits per heavy atom. The molecule has 1 saturated heterocycles. The predicted molar refractivity (Wildman–Crippen MR) is 162 cm³/mol. The number of nitrogens with zero attached hydrogens (tertiary/aromatic N) is 1. The van der Waals surface area contributed by atoms with Crippen LogP contribution in [-0.2, 0) is 92.0 Å². The monoisotopic (exact) mass is 988 g/mol. The second-order valence-corrected chi connectivity index (χ2v) is 15.9. The molecule has 0 spiro atoms. The zero-order valence-corrected chi connectivity index (χ0v) is 46.7. The third-order valence-corrected chi connectivity index (χ3v) is 8.95. The largest absolute Gasteiger partial charge is 1.00 e. The number of unbranched alkanes of at least 4 members (excludes halogenated alkanes) is 6. The minimum absolute atomic E-state index is 0. The van der Waals surface area contributed by atoms with E-state index in [4.69, 9.17) is 9.47 Å². The average molecular weight is 989 g/mol. The fraction of sp³-hybridized carbons (Fsp3) is 0.909. The first-order valence-corrected chi connectivity index (χ1v) is 21.8. The maximum Gasteiger partial charge on any atom is 1.00 e. The zero-order valence-electron chi connectivity index (χ0n) is 32.6. The maximum absolute atomic E-state index is 12.6. The van der Waals surface area contributed by atoms with Gasteiger partial charge in [0.25, 0.3) is 0 Å². The number of rotatable bonds is 27. The summed E-state index contributed by atoms with van der Waals surface area (Å²) in [5, 5.41) is 2.30. The number of amides is 2. The van der Waals surface area contributed by atoms with E-state index in [0.29, 0.717) is 25.7 Å². The molecule has 1 heterocycles. The van der Waals surface area contributed by atoms with Crippen molar-refractivity contribution in [2.75, 3.05) is 39.5 Å². The van der Waals surface area contributed by atoms with Crippen LogP contribution in [0.25, 0.3) is 0 Å². The normalized spacial score (nSPS) is 19.8. The summed E-state index contributed by atoms with van der Waals surface area (Å²) in [4.78, 5) is 26.3. The molecule has 0 unspecified atom stereocenters. The molecular formula is C22H37N2Na5O24S5. The molecule has 58 heavy (non-hydrogen) atoms. The molecule has 0 radical (unpaired) electrons. The Kier molecular flexibility index (Phi) is 40.7. The molecule has 0 aromatic rings. The van der Waals surface area contributed by atoms with Crippen molar-refractivity contribution in [2.24, 2.45) is 0 Å². The quantitative estimate of drug-likeness (QED) is 0.0345. The van der Waals surface area contributed by atoms with E-state index in [2.05, 4.69) is 26.2 Å². The van der Waals surface area contributed by atoms with E-state index < -0.39 is 115 Å². The van der Waals surface area contributed by atoms with Gasteiger partial charge in [0.05, 0.1) is 26.4 Å². The minimum atomic E-state index is -6.02. The fourth-order valence-corrected chi connectivity index (χ4v) is 6.68. The molecule has 1 fully saturated rings. The van der Waals surface area contributed by atoms with Gasteiger partial charge in [0.15, 0.2) is 12.4 Å². The van der Waals surface area contributed by atoms with Gasteiger partial charge in [0.1, 0.15) is 18.3 Å². The number of hydrogen-bond acceptors (Lipinski definition) is 24. The second-order valence-electron chi connectivity index (χ2n) is 10.7. The molecule has 0 aliphatic carbocycles. The molecule has 314 valence electrons. The summed E-state index contributed by atoms with van der Waals surface area (Å²) >= 11 is 0. The zero-order chi connectivity index (χ0) is 40.7. The van der Waals surface area contributed by atoms with E-state index in [0.717, 1.165) is 19.3 Å². The molecule has 1 N–H and O–H groups in total. The molecule has 0 saturated carbocycles. The van der Waals surface area contributed by atoms with Gasteiger partial charge in [-0.15, -0.1) is 0 Å². The topological polar surface area (TPSA) is 400 Å². The second kappa shape index (κ2) is 33.6. The van der Waals surface area contributed by atoms with Crippen LogP contribution >= 0.6 is 0 Å². The van der Waals surface area contributed by atoms with E-state index in [-0.39, 0.29) is 173 Å². The van der Waals surface area contributed by atoms with Crippen molar-refractivity contribution < 1.29 is 253 Å². The standard InChI is InChI=1S/C22H42N2O24S5.5Na/c1-2-24(18(26)10-8-6-4-3-5-7-9-12-43-49(27,28)29)14-17(25)23-11-13-42-22-21(48-53(39,40)41)20(47-52(36,37)38)19(46-51(33,34)35)16(45-22)15-44-50(30,31)32;;;;;/h16,19-22H,2-15H2,1H3,(H,23,25)(H,27,28,29)(H,30,31,32)(H,33,34,35)(H,36,37,38)(H,39,40,41);;;;;/q;5*+1/p-5/t16-,19-,20+,21+,22+;;;;;/m1...../s1. The smallest absolute Gasteiger partial charge is 0.726 e. The number of likely N-dealkylation sites (N-methyl/N-ethyl adjacent to an activating group) is 1. The van der Waals surface area contributed by atoms with Crippen molar-refractivity contribution in [3.05, 3.63) is 0 Å². The molecule has 5 atom stereocenters. The Morgan fingerprint density at radius 3 is 1.52 bits per heavy atom. The molecule has 1 aliphatic heterocycles. The first-order chi connectivity index (χ1) is 24.2. The summed E-state index contributed by atoms with van der Waals surface area (Å²) < 4.78 is 197. The first-order valence-electron chi connectivity index (χ1n) is 15.1. The van der Waals surface area contributed by atoms with Gasteiger partial charge in [-0.1, -0.05) is 32.1 Å². The van der Waals surface area contributed by atoms with Gasteiger partial charge in [-0.05, 0) is 19.8 Å². The number of ether oxygens (including phenoxy) is 2. The molecule has 0 aromatic heterocycles. The van der Waals surface area contributed by atoms with Crippen LogP contribution < -0.4 is 153 Å². The van der Waals surface area contributed by atoms with Crippen molar-refractivity contribution >= 4 is 63.8 Å². The van der Waals surface area contributed by atoms with Crippen molar-refractivity contribution in [1.82, 2.24) is 10.2 Å². The van der Waals surface area contributed by atoms with Crippen molar-refractivity contribution in [2.45, 2.75) is 89.0 Å². The van der Waals surface area contributed by atoms with Crippen LogP contribution in [0, 0.1) is 0 Å². The number of carbonyl (C=O) groups is 2. The molecule has 26 nitrogen and oxygen atoms in total. The van der Waals surface area contributed by atoms with Crippen LogP contribution in [0.1, 0.15) is 58.3 Å². The Balaban J connectivity index is -0.00000187. The van der Waals surface area contributed by atoms with Crippen molar-refractivity contribution in [3.63, 3.8) is 0 Å². The average Bonchev–Trinajstić information content (AvgIpc) is 2.97. The van der Waals surface area contributed by atoms with Gasteiger partial charge in [-0.2, -0.15) is 0 Å². The molecule has 0 bridgehead atoms. The summed E-state index contributed by atoms with van der Waals surface area (Å²) in [5.74, 6) is -1.12. The third kappa shape index (κ3) is 35.5. The van der Waals surface area contributed by atoms with Gasteiger partial charge >= 0.3 is 148 Å². The van der Waals surface area contributed by atoms with Gasteiger partial charge in [-0.25, -0.2) is 42.1 Å². The number of hydrogen-bond donors (Lipinski definition) is 1. The molecule has 1 aliphatic rings. The van der Waals surface area contributed by atoms with Gasteiger partial charge in [0, 0.05) is 19.5 Å². The van der Waals surface area contributed by atoms with Crippen LogP contribution in [0.4, 0.5) is 0 Å². The van der Waals surface area contributed by atoms with Gasteiger partial charge in [-0.3, -0.25) is 30.5 Å². The Morgan fingerprint density at radius 1 is 0.603 bits per heavy atom. The Hall–Kier alpha value is 3.21. The first kappa shape index (κ1) is 70.2. The van der Waals surface area contributed by atoms with E-state index >= 15 is 0 Å². The Labute approximate surface area is 448 Å². The summed E-state index contributed by atoms with van der Waals surface area (Å²) in [6.45, 7) is -1.78. The van der Waals surface area contributed by atoms with Crippen molar-refractivity contribution in [3.8, 4) is 0 Å². The van der Waals surface area contributed by atoms with Gasteiger partial charge in [0.2, 0.25) is 63.8 Å². The summed E-state index contributed by atoms with van der Waals surface area (Å²) in [7, 11) is -28.3. The van der Waals surface area contributed by atoms with Crippen molar-refractivity contribution in [1.29, 1.82) is 0 Å². The molecule has 2 amide bonds. The van der Waals surface area contributed by atoms with Crippen LogP contribution in [0.5, 0.6) is 0 Å². The molecular weight excluding hydrogens is 952 g/mol. The third-order valence-electron chi connectivity index (χ3n) is 6.69. The minimum Gasteiger partial charge on any atom is -0.726 e. The predicted octanol–water partition coefficient (Wildman–Crippen LogP) is -18.7. The van der Waals surface area contributed by atoms with Crippen LogP contribution in [0.15, 0.2) is 0 Å². The summed E-state index contributed by atoms with van der Waals surface area (Å²) in [6.07, 6.45) is -8.77. The van der Waals surface area contributed by atoms with E-state index in [1.165, 1.54) is 4.90 Å². The number of carbonyl (C=O) groups excluding carboxylic acids is 2. The van der Waals surface area contributed by atoms with Gasteiger partial charge < -0.3 is 42.5 Å². The molecule has 1 rings (SSSR count). The fourth-order valence-electron chi connectivity index (χ4n) is 4.59. The van der Waals surface area contributed by atoms with E-state index in [1.807, 2.05) is 0 Å². The molecule has 36 heteroatoms. The van der Waals surface area contributed by atoms with E-state index in [9.17, 15) is 74.4 Å². The summed E-state index contributed by atoms with van der Waals surface area (Å²) in [5.41, 5.74) is 0. The molecule has 0 aromatic carbocycles. The van der Waals surface area contributed by atoms with E-state index in [1.54, 1.807) is 6.92 Å². The van der Waals surface area contributed by atoms with Crippen LogP contribution in [0.3, 0.4) is 0 Å².